The van der Waals surface area contributed by atoms with Crippen LogP contribution in [-0.4, -0.2) is 38.4 Å². The Morgan fingerprint density at radius 3 is 2.39 bits per heavy atom. The summed E-state index contributed by atoms with van der Waals surface area (Å²) in [4.78, 5) is 12.4. The van der Waals surface area contributed by atoms with Crippen LogP contribution in [0.1, 0.15) is 5.56 Å². The van der Waals surface area contributed by atoms with Crippen molar-refractivity contribution < 1.29 is 13.2 Å². The fraction of sp³-hybridized carbons (Fsp3) is 0.0833. The molecule has 0 bridgehead atoms. The molecular weight excluding hydrogens is 410 g/mol. The first-order valence-corrected chi connectivity index (χ1v) is 11.1. The number of sulfonamides is 1. The average Bonchev–Trinajstić information content (AvgIpc) is 2.78. The third kappa shape index (κ3) is 4.47. The van der Waals surface area contributed by atoms with Crippen LogP contribution < -0.4 is 5.43 Å². The maximum absolute atomic E-state index is 12.9. The summed E-state index contributed by atoms with van der Waals surface area (Å²) < 4.78 is 26.7. The number of hydrogen-bond acceptors (Lipinski definition) is 4. The summed E-state index contributed by atoms with van der Waals surface area (Å²) in [5.74, 6) is -0.525. The Kier molecular flexibility index (Phi) is 5.79. The molecular formula is C24H21N3O3S. The van der Waals surface area contributed by atoms with Crippen molar-refractivity contribution in [3.63, 3.8) is 0 Å². The van der Waals surface area contributed by atoms with Gasteiger partial charge in [-0.05, 0) is 33.7 Å². The highest BCUT2D eigenvalue weighted by Crippen LogP contribution is 2.21. The lowest BCUT2D eigenvalue weighted by Crippen LogP contribution is -2.36. The average molecular weight is 432 g/mol. The summed E-state index contributed by atoms with van der Waals surface area (Å²) in [5, 5.41) is 7.85. The predicted octanol–water partition coefficient (Wildman–Crippen LogP) is 3.76. The normalized spacial score (nSPS) is 12.1. The molecule has 0 aliphatic rings. The number of amides is 1. The lowest BCUT2D eigenvalue weighted by atomic mass is 10.1. The minimum Gasteiger partial charge on any atom is -0.272 e. The van der Waals surface area contributed by atoms with Crippen molar-refractivity contribution in [2.24, 2.45) is 5.10 Å². The first-order valence-electron chi connectivity index (χ1n) is 9.70. The Morgan fingerprint density at radius 1 is 0.903 bits per heavy atom. The highest BCUT2D eigenvalue weighted by molar-refractivity contribution is 7.89. The molecule has 4 rings (SSSR count). The number of benzene rings is 4. The Balaban J connectivity index is 1.44. The number of fused-ring (bicyclic) bond motifs is 2. The van der Waals surface area contributed by atoms with Crippen LogP contribution in [0.2, 0.25) is 0 Å². The second-order valence-electron chi connectivity index (χ2n) is 7.13. The second-order valence-corrected chi connectivity index (χ2v) is 9.18. The molecule has 4 aromatic carbocycles. The number of nitrogens with zero attached hydrogens (tertiary/aromatic N) is 2. The molecule has 4 aromatic rings. The molecule has 0 heterocycles. The summed E-state index contributed by atoms with van der Waals surface area (Å²) in [6.45, 7) is -0.345. The highest BCUT2D eigenvalue weighted by Gasteiger charge is 2.23. The Labute approximate surface area is 180 Å². The van der Waals surface area contributed by atoms with Crippen molar-refractivity contribution in [2.45, 2.75) is 4.90 Å². The molecule has 0 saturated heterocycles. The topological polar surface area (TPSA) is 78.8 Å². The molecule has 1 amide bonds. The quantitative estimate of drug-likeness (QED) is 0.373. The largest absolute Gasteiger partial charge is 0.272 e. The van der Waals surface area contributed by atoms with E-state index >= 15 is 0 Å². The molecule has 0 aromatic heterocycles. The van der Waals surface area contributed by atoms with Crippen molar-refractivity contribution in [3.8, 4) is 0 Å². The molecule has 1 N–H and O–H groups in total. The monoisotopic (exact) mass is 431 g/mol. The number of carbonyl (C=O) groups excluding carboxylic acids is 1. The van der Waals surface area contributed by atoms with Gasteiger partial charge in [0.2, 0.25) is 10.0 Å². The van der Waals surface area contributed by atoms with Crippen LogP contribution in [0.3, 0.4) is 0 Å². The fourth-order valence-corrected chi connectivity index (χ4v) is 4.53. The molecule has 6 nitrogen and oxygen atoms in total. The van der Waals surface area contributed by atoms with Gasteiger partial charge < -0.3 is 0 Å². The van der Waals surface area contributed by atoms with Gasteiger partial charge in [-0.3, -0.25) is 4.79 Å². The maximum Gasteiger partial charge on any atom is 0.255 e. The van der Waals surface area contributed by atoms with Crippen molar-refractivity contribution in [1.29, 1.82) is 0 Å². The van der Waals surface area contributed by atoms with Gasteiger partial charge in [0.15, 0.2) is 0 Å². The molecule has 0 aliphatic heterocycles. The van der Waals surface area contributed by atoms with Crippen molar-refractivity contribution >= 4 is 43.7 Å². The number of likely N-dealkylation sites (N-methyl/N-ethyl adjacent to an activating group) is 1. The first kappa shape index (κ1) is 20.7. The molecule has 0 unspecified atom stereocenters. The number of carbonyl (C=O) groups is 1. The van der Waals surface area contributed by atoms with E-state index < -0.39 is 15.9 Å². The summed E-state index contributed by atoms with van der Waals surface area (Å²) in [7, 11) is -2.44. The van der Waals surface area contributed by atoms with Gasteiger partial charge in [0.05, 0.1) is 17.7 Å². The third-order valence-electron chi connectivity index (χ3n) is 5.01. The number of hydrogen-bond donors (Lipinski definition) is 1. The minimum atomic E-state index is -3.81. The van der Waals surface area contributed by atoms with Crippen LogP contribution in [0, 0.1) is 0 Å². The summed E-state index contributed by atoms with van der Waals surface area (Å²) in [5.41, 5.74) is 3.26. The van der Waals surface area contributed by atoms with E-state index in [2.05, 4.69) is 10.5 Å². The molecule has 0 saturated carbocycles. The second kappa shape index (κ2) is 8.67. The van der Waals surface area contributed by atoms with Gasteiger partial charge in [-0.2, -0.15) is 9.41 Å². The maximum atomic E-state index is 12.9. The standard InChI is InChI=1S/C24H21N3O3S/c1-27(31(29,30)22-14-13-18-7-2-3-9-20(18)15-22)17-24(28)26-25-16-21-11-6-10-19-8-4-5-12-23(19)21/h2-16H,17H2,1H3,(H,26,28)/b25-16-. The van der Waals surface area contributed by atoms with E-state index in [4.69, 9.17) is 0 Å². The highest BCUT2D eigenvalue weighted by atomic mass is 32.2. The van der Waals surface area contributed by atoms with E-state index in [-0.39, 0.29) is 11.4 Å². The number of nitrogens with one attached hydrogen (secondary N) is 1. The van der Waals surface area contributed by atoms with Crippen LogP contribution in [0.25, 0.3) is 21.5 Å². The zero-order valence-corrected chi connectivity index (χ0v) is 17.7. The summed E-state index contributed by atoms with van der Waals surface area (Å²) >= 11 is 0. The minimum absolute atomic E-state index is 0.140. The van der Waals surface area contributed by atoms with E-state index in [0.29, 0.717) is 0 Å². The van der Waals surface area contributed by atoms with E-state index in [0.717, 1.165) is 31.4 Å². The molecule has 0 aliphatic carbocycles. The molecule has 31 heavy (non-hydrogen) atoms. The van der Waals surface area contributed by atoms with Gasteiger partial charge in [-0.1, -0.05) is 72.8 Å². The zero-order chi connectivity index (χ0) is 21.8. The molecule has 0 spiro atoms. The van der Waals surface area contributed by atoms with Crippen LogP contribution >= 0.6 is 0 Å². The van der Waals surface area contributed by atoms with Gasteiger partial charge >= 0.3 is 0 Å². The van der Waals surface area contributed by atoms with Gasteiger partial charge in [0.1, 0.15) is 0 Å². The predicted molar refractivity (Wildman–Crippen MR) is 123 cm³/mol. The van der Waals surface area contributed by atoms with Crippen molar-refractivity contribution in [2.75, 3.05) is 13.6 Å². The zero-order valence-electron chi connectivity index (χ0n) is 16.9. The number of rotatable bonds is 6. The summed E-state index contributed by atoms with van der Waals surface area (Å²) in [6.07, 6.45) is 1.55. The fourth-order valence-electron chi connectivity index (χ4n) is 3.37. The van der Waals surface area contributed by atoms with Crippen LogP contribution in [-0.2, 0) is 14.8 Å². The molecule has 0 atom stereocenters. The lowest BCUT2D eigenvalue weighted by Gasteiger charge is -2.16. The molecule has 0 fully saturated rings. The Bertz CT molecular complexity index is 1390. The Morgan fingerprint density at radius 2 is 1.58 bits per heavy atom. The van der Waals surface area contributed by atoms with Gasteiger partial charge in [0.25, 0.3) is 5.91 Å². The third-order valence-corrected chi connectivity index (χ3v) is 6.81. The van der Waals surface area contributed by atoms with Crippen molar-refractivity contribution in [1.82, 2.24) is 9.73 Å². The van der Waals surface area contributed by atoms with E-state index in [9.17, 15) is 13.2 Å². The lowest BCUT2D eigenvalue weighted by molar-refractivity contribution is -0.121. The summed E-state index contributed by atoms with van der Waals surface area (Å²) in [6, 6.07) is 26.1. The SMILES string of the molecule is CN(CC(=O)N/N=C\c1cccc2ccccc12)S(=O)(=O)c1ccc2ccccc2c1. The van der Waals surface area contributed by atoms with E-state index in [1.54, 1.807) is 24.4 Å². The van der Waals surface area contributed by atoms with Gasteiger partial charge in [-0.25, -0.2) is 13.8 Å². The Hall–Kier alpha value is -3.55. The van der Waals surface area contributed by atoms with Crippen LogP contribution in [0.15, 0.2) is 94.9 Å². The van der Waals surface area contributed by atoms with Crippen LogP contribution in [0.4, 0.5) is 0 Å². The smallest absolute Gasteiger partial charge is 0.255 e. The van der Waals surface area contributed by atoms with Crippen molar-refractivity contribution in [3.05, 3.63) is 90.5 Å². The van der Waals surface area contributed by atoms with E-state index in [1.165, 1.54) is 7.05 Å². The van der Waals surface area contributed by atoms with Gasteiger partial charge in [0, 0.05) is 12.6 Å². The van der Waals surface area contributed by atoms with Gasteiger partial charge in [-0.15, -0.1) is 0 Å². The van der Waals surface area contributed by atoms with Crippen LogP contribution in [0.5, 0.6) is 0 Å². The first-order chi connectivity index (χ1) is 14.9. The molecule has 0 radical (unpaired) electrons. The van der Waals surface area contributed by atoms with E-state index in [1.807, 2.05) is 66.7 Å². The number of hydrazone groups is 1. The molecule has 156 valence electrons. The molecule has 7 heteroatoms.